The van der Waals surface area contributed by atoms with Crippen molar-refractivity contribution in [2.24, 2.45) is 0 Å². The van der Waals surface area contributed by atoms with Crippen molar-refractivity contribution in [3.63, 3.8) is 0 Å². The maximum atomic E-state index is 13.1. The largest absolute Gasteiger partial charge is 0.324 e. The van der Waals surface area contributed by atoms with Gasteiger partial charge in [-0.05, 0) is 41.8 Å². The Bertz CT molecular complexity index is 820. The van der Waals surface area contributed by atoms with Crippen LogP contribution in [0.4, 0.5) is 10.1 Å². The molecule has 1 amide bonds. The van der Waals surface area contributed by atoms with Gasteiger partial charge in [0, 0.05) is 12.2 Å². The minimum Gasteiger partial charge on any atom is -0.324 e. The summed E-state index contributed by atoms with van der Waals surface area (Å²) in [5, 5.41) is 6.18. The van der Waals surface area contributed by atoms with Crippen molar-refractivity contribution in [1.82, 2.24) is 5.32 Å². The van der Waals surface area contributed by atoms with Gasteiger partial charge in [-0.1, -0.05) is 60.7 Å². The zero-order chi connectivity index (χ0) is 18.2. The third-order valence-corrected chi connectivity index (χ3v) is 4.11. The van der Waals surface area contributed by atoms with E-state index in [2.05, 4.69) is 22.8 Å². The SMILES string of the molecule is O=C(Nc1ccc(F)cc1)[C@@H](NCCc1ccccc1)c1ccccc1. The number of carbonyl (C=O) groups excluding carboxylic acids is 1. The van der Waals surface area contributed by atoms with Gasteiger partial charge in [-0.2, -0.15) is 0 Å². The fourth-order valence-corrected chi connectivity index (χ4v) is 2.76. The third kappa shape index (κ3) is 5.01. The van der Waals surface area contributed by atoms with Crippen molar-refractivity contribution in [3.8, 4) is 0 Å². The molecule has 0 saturated heterocycles. The standard InChI is InChI=1S/C22H21FN2O/c23-19-11-13-20(14-12-19)25-22(26)21(18-9-5-2-6-10-18)24-16-15-17-7-3-1-4-8-17/h1-14,21,24H,15-16H2,(H,25,26)/t21-/m0/s1. The number of amides is 1. The van der Waals surface area contributed by atoms with Crippen LogP contribution in [0.3, 0.4) is 0 Å². The molecule has 0 aliphatic heterocycles. The highest BCUT2D eigenvalue weighted by molar-refractivity contribution is 5.95. The van der Waals surface area contributed by atoms with Crippen LogP contribution < -0.4 is 10.6 Å². The van der Waals surface area contributed by atoms with E-state index >= 15 is 0 Å². The molecule has 3 aromatic rings. The molecule has 132 valence electrons. The first-order chi connectivity index (χ1) is 12.7. The highest BCUT2D eigenvalue weighted by atomic mass is 19.1. The van der Waals surface area contributed by atoms with Crippen molar-refractivity contribution >= 4 is 11.6 Å². The Kier molecular flexibility index (Phi) is 6.12. The maximum absolute atomic E-state index is 13.1. The van der Waals surface area contributed by atoms with Crippen LogP contribution >= 0.6 is 0 Å². The van der Waals surface area contributed by atoms with Crippen LogP contribution in [0.5, 0.6) is 0 Å². The minimum absolute atomic E-state index is 0.170. The summed E-state index contributed by atoms with van der Waals surface area (Å²) in [6, 6.07) is 25.0. The second kappa shape index (κ2) is 8.92. The van der Waals surface area contributed by atoms with Crippen LogP contribution in [0.1, 0.15) is 17.2 Å². The zero-order valence-electron chi connectivity index (χ0n) is 14.4. The summed E-state index contributed by atoms with van der Waals surface area (Å²) in [7, 11) is 0. The van der Waals surface area contributed by atoms with Gasteiger partial charge < -0.3 is 10.6 Å². The van der Waals surface area contributed by atoms with Gasteiger partial charge in [0.2, 0.25) is 5.91 Å². The number of benzene rings is 3. The predicted molar refractivity (Wildman–Crippen MR) is 102 cm³/mol. The smallest absolute Gasteiger partial charge is 0.246 e. The van der Waals surface area contributed by atoms with Crippen LogP contribution in [0.15, 0.2) is 84.9 Å². The molecular formula is C22H21FN2O. The Morgan fingerprint density at radius 2 is 1.46 bits per heavy atom. The molecular weight excluding hydrogens is 327 g/mol. The summed E-state index contributed by atoms with van der Waals surface area (Å²) < 4.78 is 13.1. The normalized spacial score (nSPS) is 11.7. The Morgan fingerprint density at radius 3 is 2.12 bits per heavy atom. The van der Waals surface area contributed by atoms with Gasteiger partial charge in [0.25, 0.3) is 0 Å². The first-order valence-electron chi connectivity index (χ1n) is 8.61. The summed E-state index contributed by atoms with van der Waals surface area (Å²) in [6.45, 7) is 0.667. The summed E-state index contributed by atoms with van der Waals surface area (Å²) in [5.74, 6) is -0.500. The molecule has 0 unspecified atom stereocenters. The Labute approximate surface area is 152 Å². The van der Waals surface area contributed by atoms with E-state index in [1.165, 1.54) is 17.7 Å². The van der Waals surface area contributed by atoms with Gasteiger partial charge in [0.05, 0.1) is 0 Å². The van der Waals surface area contributed by atoms with E-state index in [0.29, 0.717) is 12.2 Å². The molecule has 4 heteroatoms. The molecule has 1 atom stereocenters. The van der Waals surface area contributed by atoms with Crippen molar-refractivity contribution in [2.75, 3.05) is 11.9 Å². The van der Waals surface area contributed by atoms with E-state index in [9.17, 15) is 9.18 Å². The number of nitrogens with one attached hydrogen (secondary N) is 2. The van der Waals surface area contributed by atoms with Crippen molar-refractivity contribution in [1.29, 1.82) is 0 Å². The molecule has 3 rings (SSSR count). The second-order valence-electron chi connectivity index (χ2n) is 6.03. The van der Waals surface area contributed by atoms with E-state index in [0.717, 1.165) is 12.0 Å². The lowest BCUT2D eigenvalue weighted by molar-refractivity contribution is -0.118. The monoisotopic (exact) mass is 348 g/mol. The van der Waals surface area contributed by atoms with Gasteiger partial charge in [0.1, 0.15) is 11.9 Å². The molecule has 0 heterocycles. The van der Waals surface area contributed by atoms with Gasteiger partial charge in [0.15, 0.2) is 0 Å². The molecule has 0 spiro atoms. The Morgan fingerprint density at radius 1 is 0.846 bits per heavy atom. The lowest BCUT2D eigenvalue weighted by Gasteiger charge is -2.19. The number of anilines is 1. The average molecular weight is 348 g/mol. The predicted octanol–water partition coefficient (Wildman–Crippen LogP) is 4.34. The molecule has 0 bridgehead atoms. The number of halogens is 1. The highest BCUT2D eigenvalue weighted by Gasteiger charge is 2.19. The molecule has 2 N–H and O–H groups in total. The van der Waals surface area contributed by atoms with E-state index < -0.39 is 6.04 Å². The average Bonchev–Trinajstić information content (AvgIpc) is 2.68. The Balaban J connectivity index is 1.68. The van der Waals surface area contributed by atoms with Crippen LogP contribution in [-0.2, 0) is 11.2 Å². The maximum Gasteiger partial charge on any atom is 0.246 e. The lowest BCUT2D eigenvalue weighted by atomic mass is 10.1. The van der Waals surface area contributed by atoms with E-state index in [4.69, 9.17) is 0 Å². The molecule has 0 radical (unpaired) electrons. The van der Waals surface area contributed by atoms with Gasteiger partial charge in [-0.3, -0.25) is 4.79 Å². The highest BCUT2D eigenvalue weighted by Crippen LogP contribution is 2.16. The van der Waals surface area contributed by atoms with Crippen LogP contribution in [-0.4, -0.2) is 12.5 Å². The number of hydrogen-bond acceptors (Lipinski definition) is 2. The van der Waals surface area contributed by atoms with Gasteiger partial charge in [-0.15, -0.1) is 0 Å². The van der Waals surface area contributed by atoms with Crippen molar-refractivity contribution < 1.29 is 9.18 Å². The third-order valence-electron chi connectivity index (χ3n) is 4.11. The summed E-state index contributed by atoms with van der Waals surface area (Å²) in [4.78, 5) is 12.8. The topological polar surface area (TPSA) is 41.1 Å². The number of rotatable bonds is 7. The fourth-order valence-electron chi connectivity index (χ4n) is 2.76. The first kappa shape index (κ1) is 17.8. The summed E-state index contributed by atoms with van der Waals surface area (Å²) in [5.41, 5.74) is 2.67. The molecule has 0 aliphatic carbocycles. The van der Waals surface area contributed by atoms with Crippen LogP contribution in [0, 0.1) is 5.82 Å². The molecule has 26 heavy (non-hydrogen) atoms. The zero-order valence-corrected chi connectivity index (χ0v) is 14.4. The van der Waals surface area contributed by atoms with Gasteiger partial charge in [-0.25, -0.2) is 4.39 Å². The molecule has 0 fully saturated rings. The molecule has 0 aromatic heterocycles. The number of hydrogen-bond donors (Lipinski definition) is 2. The summed E-state index contributed by atoms with van der Waals surface area (Å²) in [6.07, 6.45) is 0.827. The van der Waals surface area contributed by atoms with Crippen molar-refractivity contribution in [2.45, 2.75) is 12.5 Å². The quantitative estimate of drug-likeness (QED) is 0.667. The van der Waals surface area contributed by atoms with Gasteiger partial charge >= 0.3 is 0 Å². The van der Waals surface area contributed by atoms with E-state index in [1.807, 2.05) is 48.5 Å². The minimum atomic E-state index is -0.482. The van der Waals surface area contributed by atoms with Crippen molar-refractivity contribution in [3.05, 3.63) is 102 Å². The Hall–Kier alpha value is -2.98. The number of carbonyl (C=O) groups is 1. The van der Waals surface area contributed by atoms with E-state index in [-0.39, 0.29) is 11.7 Å². The molecule has 0 saturated carbocycles. The van der Waals surface area contributed by atoms with E-state index in [1.54, 1.807) is 12.1 Å². The second-order valence-corrected chi connectivity index (χ2v) is 6.03. The lowest BCUT2D eigenvalue weighted by Crippen LogP contribution is -2.34. The first-order valence-corrected chi connectivity index (χ1v) is 8.61. The molecule has 0 aliphatic rings. The molecule has 3 aromatic carbocycles. The van der Waals surface area contributed by atoms with Crippen LogP contribution in [0.25, 0.3) is 0 Å². The summed E-state index contributed by atoms with van der Waals surface area (Å²) >= 11 is 0. The molecule has 3 nitrogen and oxygen atoms in total. The fraction of sp³-hybridized carbons (Fsp3) is 0.136. The van der Waals surface area contributed by atoms with Crippen LogP contribution in [0.2, 0.25) is 0 Å².